The number of carbonyl (C=O) groups is 3. The van der Waals surface area contributed by atoms with Crippen LogP contribution < -0.4 is 5.32 Å². The second-order valence-electron chi connectivity index (χ2n) is 8.82. The molecule has 0 bridgehead atoms. The Balaban J connectivity index is 1.71. The van der Waals surface area contributed by atoms with Crippen molar-refractivity contribution in [2.45, 2.75) is 38.1 Å². The molecular weight excluding hydrogens is 454 g/mol. The number of benzene rings is 2. The van der Waals surface area contributed by atoms with Gasteiger partial charge in [-0.1, -0.05) is 56.3 Å². The fourth-order valence-electron chi connectivity index (χ4n) is 3.87. The van der Waals surface area contributed by atoms with Gasteiger partial charge >= 0.3 is 0 Å². The van der Waals surface area contributed by atoms with E-state index in [-0.39, 0.29) is 54.6 Å². The molecule has 182 valence electrons. The van der Waals surface area contributed by atoms with Gasteiger partial charge in [0.2, 0.25) is 21.8 Å². The maximum Gasteiger partial charge on any atom is 0.249 e. The first-order valence-electron chi connectivity index (χ1n) is 11.3. The van der Waals surface area contributed by atoms with E-state index in [1.807, 2.05) is 32.0 Å². The molecule has 34 heavy (non-hydrogen) atoms. The standard InChI is InChI=1S/C25H31N3O5S/c1-18(2)17-23(30)26-24(21-7-5-4-6-8-21)25(31)27-13-15-28(16-14-27)34(32,33)22-11-9-20(10-12-22)19(3)29/h4-12,18,24H,13-17H2,1-3H3,(H,26,30). The predicted octanol–water partition coefficient (Wildman–Crippen LogP) is 2.63. The Morgan fingerprint density at radius 2 is 1.50 bits per heavy atom. The van der Waals surface area contributed by atoms with Crippen LogP contribution in [0, 0.1) is 5.92 Å². The zero-order valence-corrected chi connectivity index (χ0v) is 20.5. The summed E-state index contributed by atoms with van der Waals surface area (Å²) in [6, 6.07) is 14.1. The fraction of sp³-hybridized carbons (Fsp3) is 0.400. The summed E-state index contributed by atoms with van der Waals surface area (Å²) in [7, 11) is -3.74. The van der Waals surface area contributed by atoms with Crippen LogP contribution in [0.4, 0.5) is 0 Å². The van der Waals surface area contributed by atoms with Gasteiger partial charge in [0.15, 0.2) is 5.78 Å². The summed E-state index contributed by atoms with van der Waals surface area (Å²) in [5.41, 5.74) is 1.13. The Kier molecular flexibility index (Phi) is 8.22. The van der Waals surface area contributed by atoms with Gasteiger partial charge in [0, 0.05) is 38.2 Å². The Hall–Kier alpha value is -3.04. The summed E-state index contributed by atoms with van der Waals surface area (Å²) in [5, 5.41) is 2.85. The van der Waals surface area contributed by atoms with Crippen LogP contribution in [0.5, 0.6) is 0 Å². The number of hydrogen-bond donors (Lipinski definition) is 1. The van der Waals surface area contributed by atoms with Gasteiger partial charge in [-0.25, -0.2) is 8.42 Å². The van der Waals surface area contributed by atoms with Crippen LogP contribution in [0.3, 0.4) is 0 Å². The highest BCUT2D eigenvalue weighted by atomic mass is 32.2. The van der Waals surface area contributed by atoms with E-state index < -0.39 is 16.1 Å². The lowest BCUT2D eigenvalue weighted by Crippen LogP contribution is -2.53. The van der Waals surface area contributed by atoms with Crippen molar-refractivity contribution in [3.8, 4) is 0 Å². The largest absolute Gasteiger partial charge is 0.341 e. The van der Waals surface area contributed by atoms with Crippen LogP contribution in [0.25, 0.3) is 0 Å². The third-order valence-corrected chi connectivity index (χ3v) is 7.64. The number of piperazine rings is 1. The first kappa shape index (κ1) is 25.6. The highest BCUT2D eigenvalue weighted by Gasteiger charge is 2.33. The van der Waals surface area contributed by atoms with Gasteiger partial charge in [-0.15, -0.1) is 0 Å². The summed E-state index contributed by atoms with van der Waals surface area (Å²) in [4.78, 5) is 39.0. The number of hydrogen-bond acceptors (Lipinski definition) is 5. The first-order valence-corrected chi connectivity index (χ1v) is 12.8. The Bertz CT molecular complexity index is 1120. The highest BCUT2D eigenvalue weighted by molar-refractivity contribution is 7.89. The van der Waals surface area contributed by atoms with Gasteiger partial charge in [-0.3, -0.25) is 14.4 Å². The van der Waals surface area contributed by atoms with Crippen LogP contribution in [-0.2, 0) is 19.6 Å². The number of sulfonamides is 1. The summed E-state index contributed by atoms with van der Waals surface area (Å²) >= 11 is 0. The van der Waals surface area contributed by atoms with Gasteiger partial charge in [0.1, 0.15) is 6.04 Å². The monoisotopic (exact) mass is 485 g/mol. The molecule has 1 aliphatic heterocycles. The molecule has 2 aromatic carbocycles. The van der Waals surface area contributed by atoms with Crippen molar-refractivity contribution in [1.82, 2.24) is 14.5 Å². The second-order valence-corrected chi connectivity index (χ2v) is 10.8. The van der Waals surface area contributed by atoms with Crippen molar-refractivity contribution in [3.63, 3.8) is 0 Å². The minimum Gasteiger partial charge on any atom is -0.341 e. The lowest BCUT2D eigenvalue weighted by Gasteiger charge is -2.36. The number of ketones is 1. The topological polar surface area (TPSA) is 104 Å². The van der Waals surface area contributed by atoms with Crippen molar-refractivity contribution in [1.29, 1.82) is 0 Å². The van der Waals surface area contributed by atoms with Crippen LogP contribution in [-0.4, -0.2) is 61.4 Å². The zero-order valence-electron chi connectivity index (χ0n) is 19.7. The minimum atomic E-state index is -3.74. The molecule has 1 atom stereocenters. The molecule has 3 rings (SSSR count). The van der Waals surface area contributed by atoms with E-state index in [1.54, 1.807) is 17.0 Å². The first-order chi connectivity index (χ1) is 16.1. The van der Waals surface area contributed by atoms with Crippen LogP contribution >= 0.6 is 0 Å². The Labute approximate surface area is 201 Å². The summed E-state index contributed by atoms with van der Waals surface area (Å²) in [6.07, 6.45) is 0.311. The highest BCUT2D eigenvalue weighted by Crippen LogP contribution is 2.22. The quantitative estimate of drug-likeness (QED) is 0.579. The maximum atomic E-state index is 13.4. The molecule has 2 amide bonds. The number of carbonyl (C=O) groups excluding carboxylic acids is 3. The van der Waals surface area contributed by atoms with Crippen molar-refractivity contribution < 1.29 is 22.8 Å². The van der Waals surface area contributed by atoms with E-state index in [2.05, 4.69) is 5.32 Å². The Morgan fingerprint density at radius 3 is 2.03 bits per heavy atom. The lowest BCUT2D eigenvalue weighted by molar-refractivity contribution is -0.137. The summed E-state index contributed by atoms with van der Waals surface area (Å²) < 4.78 is 27.4. The fourth-order valence-corrected chi connectivity index (χ4v) is 5.29. The van der Waals surface area contributed by atoms with Gasteiger partial charge in [-0.05, 0) is 30.5 Å². The predicted molar refractivity (Wildman–Crippen MR) is 129 cm³/mol. The van der Waals surface area contributed by atoms with E-state index in [4.69, 9.17) is 0 Å². The molecule has 0 aromatic heterocycles. The molecule has 0 saturated carbocycles. The third kappa shape index (κ3) is 6.09. The van der Waals surface area contributed by atoms with Crippen molar-refractivity contribution in [2.24, 2.45) is 5.92 Å². The van der Waals surface area contributed by atoms with E-state index in [0.29, 0.717) is 17.5 Å². The van der Waals surface area contributed by atoms with Gasteiger partial charge in [-0.2, -0.15) is 4.31 Å². The SMILES string of the molecule is CC(=O)c1ccc(S(=O)(=O)N2CCN(C(=O)C(NC(=O)CC(C)C)c3ccccc3)CC2)cc1. The van der Waals surface area contributed by atoms with Gasteiger partial charge in [0.05, 0.1) is 4.90 Å². The molecular formula is C25H31N3O5S. The number of nitrogens with zero attached hydrogens (tertiary/aromatic N) is 2. The van der Waals surface area contributed by atoms with E-state index in [0.717, 1.165) is 0 Å². The molecule has 0 aliphatic carbocycles. The molecule has 1 aliphatic rings. The van der Waals surface area contributed by atoms with E-state index in [9.17, 15) is 22.8 Å². The Morgan fingerprint density at radius 1 is 0.912 bits per heavy atom. The molecule has 1 heterocycles. The van der Waals surface area contributed by atoms with E-state index in [1.165, 1.54) is 35.5 Å². The third-order valence-electron chi connectivity index (χ3n) is 5.73. The average Bonchev–Trinajstić information content (AvgIpc) is 2.82. The normalized spacial score (nSPS) is 15.7. The maximum absolute atomic E-state index is 13.4. The molecule has 1 unspecified atom stereocenters. The molecule has 0 radical (unpaired) electrons. The van der Waals surface area contributed by atoms with Crippen LogP contribution in [0.15, 0.2) is 59.5 Å². The van der Waals surface area contributed by atoms with Gasteiger partial charge < -0.3 is 10.2 Å². The number of Topliss-reactive ketones (excluding diaryl/α,β-unsaturated/α-hetero) is 1. The summed E-state index contributed by atoms with van der Waals surface area (Å²) in [5.74, 6) is -0.437. The molecule has 8 nitrogen and oxygen atoms in total. The zero-order chi connectivity index (χ0) is 24.9. The average molecular weight is 486 g/mol. The van der Waals surface area contributed by atoms with E-state index >= 15 is 0 Å². The van der Waals surface area contributed by atoms with Crippen LogP contribution in [0.1, 0.15) is 49.2 Å². The van der Waals surface area contributed by atoms with Crippen molar-refractivity contribution in [3.05, 3.63) is 65.7 Å². The minimum absolute atomic E-state index is 0.111. The lowest BCUT2D eigenvalue weighted by atomic mass is 10.0. The molecule has 9 heteroatoms. The smallest absolute Gasteiger partial charge is 0.249 e. The molecule has 2 aromatic rings. The van der Waals surface area contributed by atoms with Crippen molar-refractivity contribution >= 4 is 27.6 Å². The number of rotatable bonds is 8. The number of amides is 2. The van der Waals surface area contributed by atoms with Gasteiger partial charge in [0.25, 0.3) is 0 Å². The molecule has 1 saturated heterocycles. The molecule has 1 N–H and O–H groups in total. The number of nitrogens with one attached hydrogen (secondary N) is 1. The van der Waals surface area contributed by atoms with Crippen molar-refractivity contribution in [2.75, 3.05) is 26.2 Å². The van der Waals surface area contributed by atoms with Crippen LogP contribution in [0.2, 0.25) is 0 Å². The second kappa shape index (κ2) is 10.9. The molecule has 1 fully saturated rings. The summed E-state index contributed by atoms with van der Waals surface area (Å²) in [6.45, 7) is 6.01. The molecule has 0 spiro atoms.